The van der Waals surface area contributed by atoms with E-state index in [2.05, 4.69) is 17.4 Å². The Morgan fingerprint density at radius 3 is 2.45 bits per heavy atom. The second-order valence-electron chi connectivity index (χ2n) is 6.60. The highest BCUT2D eigenvalue weighted by atomic mass is 16.2. The number of hydrogen-bond donors (Lipinski definition) is 1. The summed E-state index contributed by atoms with van der Waals surface area (Å²) in [6.07, 6.45) is 5.09. The zero-order chi connectivity index (χ0) is 15.6. The van der Waals surface area contributed by atoms with E-state index in [1.807, 2.05) is 18.2 Å². The normalized spacial score (nSPS) is 23.5. The summed E-state index contributed by atoms with van der Waals surface area (Å²) >= 11 is 0. The predicted octanol–water partition coefficient (Wildman–Crippen LogP) is 2.44. The van der Waals surface area contributed by atoms with Crippen molar-refractivity contribution in [3.8, 4) is 0 Å². The van der Waals surface area contributed by atoms with Gasteiger partial charge in [-0.2, -0.15) is 0 Å². The predicted molar refractivity (Wildman–Crippen MR) is 85.1 cm³/mol. The molecule has 0 aromatic heterocycles. The van der Waals surface area contributed by atoms with Gasteiger partial charge < -0.3 is 10.2 Å². The van der Waals surface area contributed by atoms with Gasteiger partial charge in [0.15, 0.2) is 0 Å². The van der Waals surface area contributed by atoms with E-state index in [4.69, 9.17) is 0 Å². The van der Waals surface area contributed by atoms with Crippen LogP contribution in [0.5, 0.6) is 0 Å². The summed E-state index contributed by atoms with van der Waals surface area (Å²) in [5.74, 6) is 0.105. The SMILES string of the molecule is CC(=O)N1CC[C@@H](C(=O)NC2(c3ccccc3)CCCC2)C1. The van der Waals surface area contributed by atoms with E-state index in [-0.39, 0.29) is 23.3 Å². The minimum absolute atomic E-state index is 0.0638. The molecule has 1 aromatic carbocycles. The molecule has 0 spiro atoms. The number of amides is 2. The van der Waals surface area contributed by atoms with Gasteiger partial charge in [0.1, 0.15) is 0 Å². The molecule has 1 heterocycles. The number of benzene rings is 1. The minimum Gasteiger partial charge on any atom is -0.346 e. The standard InChI is InChI=1S/C18H24N2O2/c1-14(21)20-12-9-15(13-20)17(22)19-18(10-5-6-11-18)16-7-3-2-4-8-16/h2-4,7-8,15H,5-6,9-13H2,1H3,(H,19,22)/t15-/m1/s1. The second-order valence-corrected chi connectivity index (χ2v) is 6.60. The van der Waals surface area contributed by atoms with E-state index >= 15 is 0 Å². The Balaban J connectivity index is 1.72. The number of hydrogen-bond acceptors (Lipinski definition) is 2. The smallest absolute Gasteiger partial charge is 0.225 e. The van der Waals surface area contributed by atoms with Crippen molar-refractivity contribution in [3.63, 3.8) is 0 Å². The van der Waals surface area contributed by atoms with Crippen LogP contribution in [-0.2, 0) is 15.1 Å². The molecule has 2 aliphatic rings. The lowest BCUT2D eigenvalue weighted by molar-refractivity contribution is -0.129. The maximum Gasteiger partial charge on any atom is 0.225 e. The third-order valence-electron chi connectivity index (χ3n) is 5.15. The molecule has 1 saturated carbocycles. The largest absolute Gasteiger partial charge is 0.346 e. The van der Waals surface area contributed by atoms with E-state index in [0.717, 1.165) is 32.1 Å². The molecule has 4 heteroatoms. The number of carbonyl (C=O) groups is 2. The summed E-state index contributed by atoms with van der Waals surface area (Å²) in [7, 11) is 0. The zero-order valence-corrected chi connectivity index (χ0v) is 13.2. The van der Waals surface area contributed by atoms with Crippen LogP contribution in [0.1, 0.15) is 44.6 Å². The van der Waals surface area contributed by atoms with Crippen molar-refractivity contribution in [2.24, 2.45) is 5.92 Å². The van der Waals surface area contributed by atoms with Crippen LogP contribution >= 0.6 is 0 Å². The Morgan fingerprint density at radius 2 is 1.86 bits per heavy atom. The molecule has 118 valence electrons. The zero-order valence-electron chi connectivity index (χ0n) is 13.2. The molecular weight excluding hydrogens is 276 g/mol. The van der Waals surface area contributed by atoms with Crippen molar-refractivity contribution < 1.29 is 9.59 Å². The average molecular weight is 300 g/mol. The lowest BCUT2D eigenvalue weighted by atomic mass is 9.87. The van der Waals surface area contributed by atoms with Gasteiger partial charge in [-0.1, -0.05) is 43.2 Å². The molecule has 0 bridgehead atoms. The van der Waals surface area contributed by atoms with Gasteiger partial charge in [0.25, 0.3) is 0 Å². The van der Waals surface area contributed by atoms with E-state index in [1.54, 1.807) is 11.8 Å². The van der Waals surface area contributed by atoms with Crippen molar-refractivity contribution in [1.29, 1.82) is 0 Å². The number of nitrogens with zero attached hydrogens (tertiary/aromatic N) is 1. The van der Waals surface area contributed by atoms with Crippen molar-refractivity contribution >= 4 is 11.8 Å². The second kappa shape index (κ2) is 6.11. The van der Waals surface area contributed by atoms with Gasteiger partial charge in [-0.05, 0) is 24.8 Å². The topological polar surface area (TPSA) is 49.4 Å². The van der Waals surface area contributed by atoms with Gasteiger partial charge in [-0.25, -0.2) is 0 Å². The van der Waals surface area contributed by atoms with Gasteiger partial charge in [-0.3, -0.25) is 9.59 Å². The van der Waals surface area contributed by atoms with Crippen LogP contribution in [0.25, 0.3) is 0 Å². The lowest BCUT2D eigenvalue weighted by Gasteiger charge is -2.32. The summed E-state index contributed by atoms with van der Waals surface area (Å²) < 4.78 is 0. The average Bonchev–Trinajstić information content (AvgIpc) is 3.18. The Kier molecular flexibility index (Phi) is 4.19. The van der Waals surface area contributed by atoms with Gasteiger partial charge in [0.05, 0.1) is 11.5 Å². The van der Waals surface area contributed by atoms with E-state index < -0.39 is 0 Å². The molecule has 1 atom stereocenters. The fourth-order valence-electron chi connectivity index (χ4n) is 3.82. The summed E-state index contributed by atoms with van der Waals surface area (Å²) in [4.78, 5) is 25.9. The third kappa shape index (κ3) is 2.87. The van der Waals surface area contributed by atoms with E-state index in [0.29, 0.717) is 13.1 Å². The summed E-state index contributed by atoms with van der Waals surface area (Å²) in [6.45, 7) is 2.83. The van der Waals surface area contributed by atoms with Crippen LogP contribution < -0.4 is 5.32 Å². The fraction of sp³-hybridized carbons (Fsp3) is 0.556. The van der Waals surface area contributed by atoms with Crippen LogP contribution in [0.4, 0.5) is 0 Å². The maximum atomic E-state index is 12.7. The molecule has 0 radical (unpaired) electrons. The first-order valence-electron chi connectivity index (χ1n) is 8.24. The highest BCUT2D eigenvalue weighted by Crippen LogP contribution is 2.39. The van der Waals surface area contributed by atoms with E-state index in [9.17, 15) is 9.59 Å². The van der Waals surface area contributed by atoms with Crippen molar-refractivity contribution in [3.05, 3.63) is 35.9 Å². The number of rotatable bonds is 3. The first-order chi connectivity index (χ1) is 10.6. The van der Waals surface area contributed by atoms with Gasteiger partial charge in [0.2, 0.25) is 11.8 Å². The Morgan fingerprint density at radius 1 is 1.18 bits per heavy atom. The summed E-state index contributed by atoms with van der Waals surface area (Å²) in [5, 5.41) is 3.33. The molecule has 4 nitrogen and oxygen atoms in total. The van der Waals surface area contributed by atoms with Crippen LogP contribution in [0.2, 0.25) is 0 Å². The van der Waals surface area contributed by atoms with Gasteiger partial charge in [0, 0.05) is 20.0 Å². The van der Waals surface area contributed by atoms with Crippen molar-refractivity contribution in [1.82, 2.24) is 10.2 Å². The van der Waals surface area contributed by atoms with Crippen molar-refractivity contribution in [2.45, 2.75) is 44.6 Å². The number of likely N-dealkylation sites (tertiary alicyclic amines) is 1. The maximum absolute atomic E-state index is 12.7. The number of nitrogens with one attached hydrogen (secondary N) is 1. The number of carbonyl (C=O) groups excluding carboxylic acids is 2. The highest BCUT2D eigenvalue weighted by molar-refractivity contribution is 5.82. The van der Waals surface area contributed by atoms with Crippen LogP contribution in [-0.4, -0.2) is 29.8 Å². The molecule has 1 aliphatic heterocycles. The Hall–Kier alpha value is -1.84. The molecule has 22 heavy (non-hydrogen) atoms. The summed E-state index contributed by atoms with van der Waals surface area (Å²) in [5.41, 5.74) is 1.00. The van der Waals surface area contributed by atoms with Crippen molar-refractivity contribution in [2.75, 3.05) is 13.1 Å². The molecule has 0 unspecified atom stereocenters. The molecule has 1 N–H and O–H groups in total. The monoisotopic (exact) mass is 300 g/mol. The summed E-state index contributed by atoms with van der Waals surface area (Å²) in [6, 6.07) is 10.3. The van der Waals surface area contributed by atoms with E-state index in [1.165, 1.54) is 5.56 Å². The van der Waals surface area contributed by atoms with Gasteiger partial charge in [-0.15, -0.1) is 0 Å². The molecule has 3 rings (SSSR count). The third-order valence-corrected chi connectivity index (χ3v) is 5.15. The Bertz CT molecular complexity index is 549. The lowest BCUT2D eigenvalue weighted by Crippen LogP contribution is -2.47. The molecule has 2 fully saturated rings. The van der Waals surface area contributed by atoms with Gasteiger partial charge >= 0.3 is 0 Å². The molecular formula is C18H24N2O2. The van der Waals surface area contributed by atoms with Crippen LogP contribution in [0, 0.1) is 5.92 Å². The molecule has 2 amide bonds. The first kappa shape index (κ1) is 15.1. The molecule has 1 aliphatic carbocycles. The minimum atomic E-state index is -0.206. The first-order valence-corrected chi connectivity index (χ1v) is 8.24. The highest BCUT2D eigenvalue weighted by Gasteiger charge is 2.39. The molecule has 1 aromatic rings. The van der Waals surface area contributed by atoms with Crippen LogP contribution in [0.3, 0.4) is 0 Å². The quantitative estimate of drug-likeness (QED) is 0.932. The van der Waals surface area contributed by atoms with Crippen LogP contribution in [0.15, 0.2) is 30.3 Å². The fourth-order valence-corrected chi connectivity index (χ4v) is 3.82. The molecule has 1 saturated heterocycles. The Labute approximate surface area is 131 Å².